The molecule has 1 heterocycles. The molecule has 3 N–H and O–H groups in total. The molecule has 0 saturated carbocycles. The number of carbonyl (C=O) groups excluding carboxylic acids is 2. The molecule has 0 aromatic heterocycles. The Hall–Kier alpha value is -2.32. The highest BCUT2D eigenvalue weighted by Gasteiger charge is 2.27. The summed E-state index contributed by atoms with van der Waals surface area (Å²) in [5, 5.41) is 8.71. The van der Waals surface area contributed by atoms with Crippen LogP contribution in [0.15, 0.2) is 18.2 Å². The van der Waals surface area contributed by atoms with Crippen LogP contribution in [-0.2, 0) is 20.9 Å². The molecule has 0 radical (unpaired) electrons. The second-order valence-corrected chi connectivity index (χ2v) is 5.95. The van der Waals surface area contributed by atoms with Crippen LogP contribution >= 0.6 is 0 Å². The number of nitrogens with one attached hydrogen (secondary N) is 3. The molecule has 8 nitrogen and oxygen atoms in total. The summed E-state index contributed by atoms with van der Waals surface area (Å²) in [5.41, 5.74) is 0.866. The lowest BCUT2D eigenvalue weighted by molar-refractivity contribution is -0.129. The summed E-state index contributed by atoms with van der Waals surface area (Å²) in [7, 11) is 1.53. The third-order valence-corrected chi connectivity index (χ3v) is 4.03. The molecule has 2 amide bonds. The van der Waals surface area contributed by atoms with Crippen LogP contribution in [0.3, 0.4) is 0 Å². The monoisotopic (exact) mass is 365 g/mol. The van der Waals surface area contributed by atoms with Crippen molar-refractivity contribution in [2.75, 3.05) is 33.4 Å². The van der Waals surface area contributed by atoms with Crippen LogP contribution in [0.2, 0.25) is 0 Å². The number of hydrogen-bond donors (Lipinski definition) is 3. The van der Waals surface area contributed by atoms with Crippen LogP contribution in [0.25, 0.3) is 0 Å². The van der Waals surface area contributed by atoms with Gasteiger partial charge in [-0.25, -0.2) is 0 Å². The van der Waals surface area contributed by atoms with Gasteiger partial charge in [-0.05, 0) is 31.5 Å². The molecule has 0 bridgehead atoms. The average molecular weight is 365 g/mol. The van der Waals surface area contributed by atoms with E-state index in [-0.39, 0.29) is 30.6 Å². The lowest BCUT2D eigenvalue weighted by Crippen LogP contribution is -2.55. The summed E-state index contributed by atoms with van der Waals surface area (Å²) in [6.07, 6.45) is -0.164. The van der Waals surface area contributed by atoms with Crippen LogP contribution < -0.4 is 25.4 Å². The first-order chi connectivity index (χ1) is 12.5. The fourth-order valence-electron chi connectivity index (χ4n) is 2.66. The number of benzene rings is 1. The van der Waals surface area contributed by atoms with E-state index in [0.29, 0.717) is 37.7 Å². The molecule has 26 heavy (non-hydrogen) atoms. The van der Waals surface area contributed by atoms with Gasteiger partial charge in [0.25, 0.3) is 5.91 Å². The van der Waals surface area contributed by atoms with E-state index in [2.05, 4.69) is 16.0 Å². The lowest BCUT2D eigenvalue weighted by Gasteiger charge is -2.29. The first-order valence-electron chi connectivity index (χ1n) is 8.74. The summed E-state index contributed by atoms with van der Waals surface area (Å²) in [6, 6.07) is 4.97. The Morgan fingerprint density at radius 2 is 2.12 bits per heavy atom. The molecule has 1 aromatic carbocycles. The van der Waals surface area contributed by atoms with E-state index in [1.165, 1.54) is 7.11 Å². The van der Waals surface area contributed by atoms with Crippen molar-refractivity contribution in [3.63, 3.8) is 0 Å². The predicted octanol–water partition coefficient (Wildman–Crippen LogP) is 0.203. The van der Waals surface area contributed by atoms with Crippen molar-refractivity contribution in [1.29, 1.82) is 0 Å². The van der Waals surface area contributed by atoms with Crippen LogP contribution in [0.5, 0.6) is 11.5 Å². The van der Waals surface area contributed by atoms with Crippen molar-refractivity contribution in [1.82, 2.24) is 16.0 Å². The molecule has 0 unspecified atom stereocenters. The minimum Gasteiger partial charge on any atom is -0.493 e. The van der Waals surface area contributed by atoms with Crippen molar-refractivity contribution in [3.05, 3.63) is 23.8 Å². The normalized spacial score (nSPS) is 19.5. The van der Waals surface area contributed by atoms with Crippen molar-refractivity contribution in [2.24, 2.45) is 0 Å². The summed E-state index contributed by atoms with van der Waals surface area (Å²) >= 11 is 0. The molecule has 1 fully saturated rings. The third kappa shape index (κ3) is 5.60. The fraction of sp³-hybridized carbons (Fsp3) is 0.556. The van der Waals surface area contributed by atoms with E-state index < -0.39 is 0 Å². The summed E-state index contributed by atoms with van der Waals surface area (Å²) < 4.78 is 16.3. The summed E-state index contributed by atoms with van der Waals surface area (Å²) in [4.78, 5) is 23.8. The second-order valence-electron chi connectivity index (χ2n) is 5.95. The van der Waals surface area contributed by atoms with Crippen LogP contribution in [0, 0.1) is 0 Å². The molecule has 0 spiro atoms. The molecule has 1 aliphatic rings. The van der Waals surface area contributed by atoms with Crippen molar-refractivity contribution in [2.45, 2.75) is 32.5 Å². The van der Waals surface area contributed by atoms with Gasteiger partial charge in [0.05, 0.1) is 19.8 Å². The average Bonchev–Trinajstić information content (AvgIpc) is 2.65. The standard InChI is InChI=1S/C18H27N3O5/c1-4-19-16(22)11-26-14-6-5-13(9-15(14)24-3)10-21-18(23)17-12(2)25-8-7-20-17/h5-6,9,12,17,20H,4,7-8,10-11H2,1-3H3,(H,19,22)(H,21,23)/t12-,17+/m1/s1. The zero-order chi connectivity index (χ0) is 18.9. The quantitative estimate of drug-likeness (QED) is 0.609. The number of amides is 2. The molecule has 8 heteroatoms. The maximum Gasteiger partial charge on any atom is 0.257 e. The number of rotatable bonds is 8. The van der Waals surface area contributed by atoms with E-state index >= 15 is 0 Å². The summed E-state index contributed by atoms with van der Waals surface area (Å²) in [6.45, 7) is 5.82. The van der Waals surface area contributed by atoms with Gasteiger partial charge in [-0.3, -0.25) is 9.59 Å². The van der Waals surface area contributed by atoms with E-state index in [1.807, 2.05) is 19.9 Å². The van der Waals surface area contributed by atoms with Crippen molar-refractivity contribution in [3.8, 4) is 11.5 Å². The van der Waals surface area contributed by atoms with Crippen molar-refractivity contribution < 1.29 is 23.8 Å². The maximum atomic E-state index is 12.3. The molecular weight excluding hydrogens is 338 g/mol. The highest BCUT2D eigenvalue weighted by atomic mass is 16.5. The molecule has 2 rings (SSSR count). The maximum absolute atomic E-state index is 12.3. The van der Waals surface area contributed by atoms with Gasteiger partial charge in [0.15, 0.2) is 18.1 Å². The Morgan fingerprint density at radius 3 is 2.81 bits per heavy atom. The van der Waals surface area contributed by atoms with Crippen molar-refractivity contribution >= 4 is 11.8 Å². The zero-order valence-electron chi connectivity index (χ0n) is 15.5. The third-order valence-electron chi connectivity index (χ3n) is 4.03. The van der Waals surface area contributed by atoms with Gasteiger partial charge in [-0.15, -0.1) is 0 Å². The Labute approximate surface area is 153 Å². The first-order valence-corrected chi connectivity index (χ1v) is 8.74. The predicted molar refractivity (Wildman–Crippen MR) is 96.2 cm³/mol. The lowest BCUT2D eigenvalue weighted by atomic mass is 10.1. The molecule has 2 atom stereocenters. The molecular formula is C18H27N3O5. The molecule has 1 aliphatic heterocycles. The second kappa shape index (κ2) is 9.98. The zero-order valence-corrected chi connectivity index (χ0v) is 15.5. The molecule has 144 valence electrons. The number of carbonyl (C=O) groups is 2. The summed E-state index contributed by atoms with van der Waals surface area (Å²) in [5.74, 6) is 0.688. The Bertz CT molecular complexity index is 623. The highest BCUT2D eigenvalue weighted by molar-refractivity contribution is 5.82. The number of likely N-dealkylation sites (N-methyl/N-ethyl adjacent to an activating group) is 1. The Balaban J connectivity index is 1.91. The van der Waals surface area contributed by atoms with E-state index in [9.17, 15) is 9.59 Å². The highest BCUT2D eigenvalue weighted by Crippen LogP contribution is 2.28. The number of methoxy groups -OCH3 is 1. The molecule has 1 aromatic rings. The molecule has 1 saturated heterocycles. The largest absolute Gasteiger partial charge is 0.493 e. The molecule has 0 aliphatic carbocycles. The van der Waals surface area contributed by atoms with Gasteiger partial charge in [-0.1, -0.05) is 6.07 Å². The first kappa shape index (κ1) is 20.0. The topological polar surface area (TPSA) is 97.9 Å². The SMILES string of the molecule is CCNC(=O)COc1ccc(CNC(=O)[C@H]2NCCO[C@@H]2C)cc1OC. The fourth-order valence-corrected chi connectivity index (χ4v) is 2.66. The van der Waals surface area contributed by atoms with Crippen LogP contribution in [0.4, 0.5) is 0 Å². The van der Waals surface area contributed by atoms with Gasteiger partial charge in [0.2, 0.25) is 5.91 Å². The van der Waals surface area contributed by atoms with Gasteiger partial charge in [0.1, 0.15) is 6.04 Å². The minimum absolute atomic E-state index is 0.0779. The van der Waals surface area contributed by atoms with Crippen LogP contribution in [-0.4, -0.2) is 57.4 Å². The number of hydrogen-bond acceptors (Lipinski definition) is 6. The minimum atomic E-state index is -0.356. The Morgan fingerprint density at radius 1 is 1.31 bits per heavy atom. The number of morpholine rings is 1. The van der Waals surface area contributed by atoms with E-state index in [0.717, 1.165) is 5.56 Å². The number of ether oxygens (including phenoxy) is 3. The van der Waals surface area contributed by atoms with E-state index in [1.54, 1.807) is 12.1 Å². The van der Waals surface area contributed by atoms with Gasteiger partial charge in [-0.2, -0.15) is 0 Å². The van der Waals surface area contributed by atoms with Gasteiger partial charge >= 0.3 is 0 Å². The Kier molecular flexibility index (Phi) is 7.68. The smallest absolute Gasteiger partial charge is 0.257 e. The van der Waals surface area contributed by atoms with Gasteiger partial charge in [0, 0.05) is 19.6 Å². The van der Waals surface area contributed by atoms with Crippen LogP contribution in [0.1, 0.15) is 19.4 Å². The van der Waals surface area contributed by atoms with E-state index in [4.69, 9.17) is 14.2 Å². The van der Waals surface area contributed by atoms with Gasteiger partial charge < -0.3 is 30.2 Å².